The Labute approximate surface area is 158 Å². The van der Waals surface area contributed by atoms with Gasteiger partial charge in [0.25, 0.3) is 0 Å². The molecule has 5 rings (SSSR count). The fraction of sp³-hybridized carbons (Fsp3) is 0.650. The highest BCUT2D eigenvalue weighted by molar-refractivity contribution is 6.30. The zero-order valence-electron chi connectivity index (χ0n) is 14.6. The number of nitrogens with one attached hydrogen (secondary N) is 3. The molecule has 140 valence electrons. The van der Waals surface area contributed by atoms with E-state index in [-0.39, 0.29) is 35.9 Å². The van der Waals surface area contributed by atoms with Gasteiger partial charge in [-0.25, -0.2) is 4.39 Å². The van der Waals surface area contributed by atoms with Crippen molar-refractivity contribution in [1.82, 2.24) is 16.0 Å². The van der Waals surface area contributed by atoms with Crippen molar-refractivity contribution in [3.8, 4) is 0 Å². The third kappa shape index (κ3) is 2.67. The van der Waals surface area contributed by atoms with Crippen LogP contribution in [0.1, 0.15) is 37.4 Å². The largest absolute Gasteiger partial charge is 0.356 e. The van der Waals surface area contributed by atoms with Crippen LogP contribution in [0.2, 0.25) is 5.02 Å². The molecule has 1 aromatic rings. The normalized spacial score (nSPS) is 44.6. The molecule has 4 aliphatic rings. The van der Waals surface area contributed by atoms with Gasteiger partial charge in [0.05, 0.1) is 6.17 Å². The smallest absolute Gasteiger partial charge is 0.223 e. The van der Waals surface area contributed by atoms with Crippen LogP contribution in [0, 0.1) is 23.7 Å². The van der Waals surface area contributed by atoms with E-state index in [2.05, 4.69) is 22.0 Å². The number of halogens is 2. The first-order valence-electron chi connectivity index (χ1n) is 9.81. The molecule has 0 radical (unpaired) electrons. The van der Waals surface area contributed by atoms with Gasteiger partial charge in [-0.05, 0) is 61.1 Å². The van der Waals surface area contributed by atoms with E-state index in [9.17, 15) is 9.18 Å². The summed E-state index contributed by atoms with van der Waals surface area (Å²) in [5.41, 5.74) is 1.12. The Morgan fingerprint density at radius 2 is 1.85 bits per heavy atom. The van der Waals surface area contributed by atoms with E-state index in [0.717, 1.165) is 30.0 Å². The third-order valence-electron chi connectivity index (χ3n) is 7.10. The fourth-order valence-electron chi connectivity index (χ4n) is 6.10. The van der Waals surface area contributed by atoms with E-state index in [1.165, 1.54) is 0 Å². The summed E-state index contributed by atoms with van der Waals surface area (Å²) in [5.74, 6) is 0.862. The molecular formula is C20H25ClFN3O. The molecule has 4 nitrogen and oxygen atoms in total. The second kappa shape index (κ2) is 6.47. The number of amides is 1. The summed E-state index contributed by atoms with van der Waals surface area (Å²) in [6.45, 7) is 0.725. The molecule has 1 amide bonds. The van der Waals surface area contributed by atoms with Gasteiger partial charge in [-0.1, -0.05) is 23.7 Å². The number of piperidine rings is 1. The lowest BCUT2D eigenvalue weighted by Crippen LogP contribution is -2.63. The van der Waals surface area contributed by atoms with Crippen LogP contribution in [-0.4, -0.2) is 30.7 Å². The average Bonchev–Trinajstić information content (AvgIpc) is 3.07. The van der Waals surface area contributed by atoms with Gasteiger partial charge >= 0.3 is 0 Å². The number of carbonyl (C=O) groups excluding carboxylic acids is 1. The average molecular weight is 378 g/mol. The fourth-order valence-corrected chi connectivity index (χ4v) is 6.30. The minimum atomic E-state index is -0.763. The maximum atomic E-state index is 14.2. The topological polar surface area (TPSA) is 53.2 Å². The number of benzene rings is 1. The summed E-state index contributed by atoms with van der Waals surface area (Å²) in [7, 11) is 0. The molecule has 8 unspecified atom stereocenters. The van der Waals surface area contributed by atoms with Crippen LogP contribution in [0.3, 0.4) is 0 Å². The van der Waals surface area contributed by atoms with Crippen molar-refractivity contribution < 1.29 is 9.18 Å². The van der Waals surface area contributed by atoms with Gasteiger partial charge in [0.2, 0.25) is 5.91 Å². The van der Waals surface area contributed by atoms with Crippen molar-refractivity contribution in [3.63, 3.8) is 0 Å². The van der Waals surface area contributed by atoms with Gasteiger partial charge in [-0.3, -0.25) is 15.4 Å². The Morgan fingerprint density at radius 1 is 1.04 bits per heavy atom. The van der Waals surface area contributed by atoms with E-state index in [0.29, 0.717) is 24.8 Å². The molecule has 2 saturated carbocycles. The standard InChI is InChI=1S/C20H25ClFN3O/c21-11-3-1-2-10(8-11)19-24-17-13-5-4-12(22)9-15(13)16-14(18(17)25-19)6-7-23-20(16)26/h1-3,8,12-19,24-25H,4-7,9H2,(H,23,26). The SMILES string of the molecule is O=C1NCCC2C3NC(c4cccc(Cl)c4)NC3C3CCC(F)CC3C12. The summed E-state index contributed by atoms with van der Waals surface area (Å²) in [6.07, 6.45) is 2.26. The lowest BCUT2D eigenvalue weighted by atomic mass is 9.56. The highest BCUT2D eigenvalue weighted by Crippen LogP contribution is 2.51. The van der Waals surface area contributed by atoms with Crippen molar-refractivity contribution in [2.45, 2.75) is 50.1 Å². The minimum Gasteiger partial charge on any atom is -0.356 e. The van der Waals surface area contributed by atoms with Crippen LogP contribution in [-0.2, 0) is 4.79 Å². The molecule has 2 heterocycles. The third-order valence-corrected chi connectivity index (χ3v) is 7.34. The Morgan fingerprint density at radius 3 is 2.65 bits per heavy atom. The first kappa shape index (κ1) is 17.0. The summed E-state index contributed by atoms with van der Waals surface area (Å²) in [5, 5.41) is 11.3. The first-order chi connectivity index (χ1) is 12.6. The number of hydrogen-bond donors (Lipinski definition) is 3. The minimum absolute atomic E-state index is 0.0381. The molecular weight excluding hydrogens is 353 g/mol. The van der Waals surface area contributed by atoms with Gasteiger partial charge < -0.3 is 5.32 Å². The lowest BCUT2D eigenvalue weighted by Gasteiger charge is -2.52. The molecule has 0 aromatic heterocycles. The predicted molar refractivity (Wildman–Crippen MR) is 98.4 cm³/mol. The van der Waals surface area contributed by atoms with Crippen LogP contribution in [0.25, 0.3) is 0 Å². The molecule has 0 spiro atoms. The maximum Gasteiger partial charge on any atom is 0.223 e. The number of carbonyl (C=O) groups is 1. The van der Waals surface area contributed by atoms with Crippen LogP contribution in [0.5, 0.6) is 0 Å². The van der Waals surface area contributed by atoms with Crippen molar-refractivity contribution in [1.29, 1.82) is 0 Å². The maximum absolute atomic E-state index is 14.2. The lowest BCUT2D eigenvalue weighted by molar-refractivity contribution is -0.138. The zero-order chi connectivity index (χ0) is 17.8. The molecule has 2 saturated heterocycles. The molecule has 4 fully saturated rings. The summed E-state index contributed by atoms with van der Waals surface area (Å²) >= 11 is 6.18. The molecule has 2 aliphatic heterocycles. The van der Waals surface area contributed by atoms with Gasteiger partial charge in [0.15, 0.2) is 0 Å². The Hall–Kier alpha value is -1.17. The van der Waals surface area contributed by atoms with Crippen LogP contribution < -0.4 is 16.0 Å². The quantitative estimate of drug-likeness (QED) is 0.705. The Balaban J connectivity index is 1.48. The van der Waals surface area contributed by atoms with E-state index >= 15 is 0 Å². The van der Waals surface area contributed by atoms with Gasteiger partial charge in [0.1, 0.15) is 6.17 Å². The molecule has 0 bridgehead atoms. The van der Waals surface area contributed by atoms with Crippen molar-refractivity contribution in [2.75, 3.05) is 6.54 Å². The Kier molecular flexibility index (Phi) is 4.22. The van der Waals surface area contributed by atoms with Crippen molar-refractivity contribution in [3.05, 3.63) is 34.9 Å². The molecule has 1 aromatic carbocycles. The number of fused-ring (bicyclic) bond motifs is 6. The zero-order valence-corrected chi connectivity index (χ0v) is 15.4. The first-order valence-corrected chi connectivity index (χ1v) is 10.2. The number of rotatable bonds is 1. The molecule has 6 heteroatoms. The van der Waals surface area contributed by atoms with Crippen molar-refractivity contribution >= 4 is 17.5 Å². The molecule has 8 atom stereocenters. The highest BCUT2D eigenvalue weighted by atomic mass is 35.5. The molecule has 26 heavy (non-hydrogen) atoms. The van der Waals surface area contributed by atoms with Crippen LogP contribution in [0.4, 0.5) is 4.39 Å². The number of alkyl halides is 1. The van der Waals surface area contributed by atoms with Gasteiger partial charge in [-0.2, -0.15) is 0 Å². The van der Waals surface area contributed by atoms with E-state index in [1.54, 1.807) is 0 Å². The van der Waals surface area contributed by atoms with E-state index in [1.807, 2.05) is 18.2 Å². The summed E-state index contributed by atoms with van der Waals surface area (Å²) < 4.78 is 14.2. The summed E-state index contributed by atoms with van der Waals surface area (Å²) in [4.78, 5) is 12.7. The van der Waals surface area contributed by atoms with Crippen LogP contribution >= 0.6 is 11.6 Å². The highest BCUT2D eigenvalue weighted by Gasteiger charge is 2.57. The monoisotopic (exact) mass is 377 g/mol. The second-order valence-electron chi connectivity index (χ2n) is 8.38. The van der Waals surface area contributed by atoms with Crippen molar-refractivity contribution in [2.24, 2.45) is 23.7 Å². The predicted octanol–water partition coefficient (Wildman–Crippen LogP) is 2.79. The van der Waals surface area contributed by atoms with E-state index in [4.69, 9.17) is 11.6 Å². The van der Waals surface area contributed by atoms with Gasteiger partial charge in [-0.15, -0.1) is 0 Å². The van der Waals surface area contributed by atoms with Crippen LogP contribution in [0.15, 0.2) is 24.3 Å². The summed E-state index contributed by atoms with van der Waals surface area (Å²) in [6, 6.07) is 8.47. The molecule has 2 aliphatic carbocycles. The molecule has 3 N–H and O–H groups in total. The van der Waals surface area contributed by atoms with Gasteiger partial charge in [0, 0.05) is 29.6 Å². The Bertz CT molecular complexity index is 716. The van der Waals surface area contributed by atoms with E-state index < -0.39 is 6.17 Å². The second-order valence-corrected chi connectivity index (χ2v) is 8.82. The number of hydrogen-bond acceptors (Lipinski definition) is 3.